The Hall–Kier alpha value is -1.84. The fourth-order valence-corrected chi connectivity index (χ4v) is 1.89. The zero-order chi connectivity index (χ0) is 13.1. The Bertz CT molecular complexity index is 554. The van der Waals surface area contributed by atoms with E-state index in [9.17, 15) is 4.79 Å². The minimum atomic E-state index is -0.138. The molecule has 1 heterocycles. The van der Waals surface area contributed by atoms with Crippen molar-refractivity contribution >= 4 is 0 Å². The van der Waals surface area contributed by atoms with Crippen molar-refractivity contribution in [2.24, 2.45) is 5.92 Å². The molecule has 0 aliphatic rings. The third-order valence-corrected chi connectivity index (χ3v) is 3.38. The number of H-pyrrole nitrogens is 1. The smallest absolute Gasteiger partial charge is 0.274 e. The van der Waals surface area contributed by atoms with Crippen LogP contribution in [0.25, 0.3) is 0 Å². The molecule has 2 rings (SSSR count). The molecule has 96 valence electrons. The van der Waals surface area contributed by atoms with Crippen molar-refractivity contribution in [2.45, 2.75) is 33.2 Å². The molecule has 1 unspecified atom stereocenters. The van der Waals surface area contributed by atoms with Gasteiger partial charge in [0.2, 0.25) is 0 Å². The Balaban J connectivity index is 2.33. The van der Waals surface area contributed by atoms with Crippen LogP contribution in [0.2, 0.25) is 0 Å². The first-order chi connectivity index (χ1) is 8.59. The number of nitrogens with zero attached hydrogens (tertiary/aromatic N) is 2. The minimum absolute atomic E-state index is 0.138. The van der Waals surface area contributed by atoms with Gasteiger partial charge in [-0.25, -0.2) is 9.89 Å². The molecule has 1 N–H and O–H groups in total. The van der Waals surface area contributed by atoms with E-state index in [0.29, 0.717) is 12.5 Å². The van der Waals surface area contributed by atoms with E-state index in [0.717, 1.165) is 11.4 Å². The van der Waals surface area contributed by atoms with Gasteiger partial charge in [0, 0.05) is 5.92 Å². The molecule has 0 saturated heterocycles. The third-order valence-electron chi connectivity index (χ3n) is 3.38. The minimum Gasteiger partial charge on any atom is -0.274 e. The van der Waals surface area contributed by atoms with Crippen LogP contribution in [0, 0.1) is 5.92 Å². The molecular weight excluding hydrogens is 226 g/mol. The van der Waals surface area contributed by atoms with Gasteiger partial charge in [0.15, 0.2) is 0 Å². The molecule has 18 heavy (non-hydrogen) atoms. The van der Waals surface area contributed by atoms with E-state index < -0.39 is 0 Å². The lowest BCUT2D eigenvalue weighted by atomic mass is 9.97. The summed E-state index contributed by atoms with van der Waals surface area (Å²) in [6, 6.07) is 9.96. The topological polar surface area (TPSA) is 50.7 Å². The number of rotatable bonds is 4. The Morgan fingerprint density at radius 2 is 1.89 bits per heavy atom. The number of benzene rings is 1. The predicted molar refractivity (Wildman–Crippen MR) is 71.6 cm³/mol. The second-order valence-electron chi connectivity index (χ2n) is 4.99. The second kappa shape index (κ2) is 5.21. The highest BCUT2D eigenvalue weighted by molar-refractivity contribution is 5.15. The predicted octanol–water partition coefficient (Wildman–Crippen LogP) is 2.38. The van der Waals surface area contributed by atoms with Gasteiger partial charge in [-0.05, 0) is 11.5 Å². The van der Waals surface area contributed by atoms with Crippen molar-refractivity contribution in [1.29, 1.82) is 0 Å². The lowest BCUT2D eigenvalue weighted by Gasteiger charge is -2.15. The first kappa shape index (κ1) is 12.6. The highest BCUT2D eigenvalue weighted by atomic mass is 16.1. The Morgan fingerprint density at radius 3 is 2.50 bits per heavy atom. The normalized spacial score (nSPS) is 12.9. The van der Waals surface area contributed by atoms with Crippen LogP contribution < -0.4 is 5.69 Å². The third kappa shape index (κ3) is 2.53. The molecule has 0 fully saturated rings. The lowest BCUT2D eigenvalue weighted by molar-refractivity contribution is 0.487. The van der Waals surface area contributed by atoms with E-state index >= 15 is 0 Å². The second-order valence-corrected chi connectivity index (χ2v) is 4.99. The highest BCUT2D eigenvalue weighted by Crippen LogP contribution is 2.20. The average molecular weight is 245 g/mol. The molecule has 0 aliphatic heterocycles. The van der Waals surface area contributed by atoms with E-state index in [-0.39, 0.29) is 11.6 Å². The van der Waals surface area contributed by atoms with Crippen molar-refractivity contribution < 1.29 is 0 Å². The molecule has 4 heteroatoms. The maximum Gasteiger partial charge on any atom is 0.343 e. The SMILES string of the molecule is CC(C)C(C)c1n[nH]c(=O)n1Cc1ccccc1. The number of aromatic amines is 1. The van der Waals surface area contributed by atoms with Crippen molar-refractivity contribution in [3.63, 3.8) is 0 Å². The van der Waals surface area contributed by atoms with Crippen LogP contribution in [0.5, 0.6) is 0 Å². The summed E-state index contributed by atoms with van der Waals surface area (Å²) in [5.74, 6) is 1.54. The summed E-state index contributed by atoms with van der Waals surface area (Å²) in [5, 5.41) is 6.71. The first-order valence-corrected chi connectivity index (χ1v) is 6.28. The average Bonchev–Trinajstić information content (AvgIpc) is 2.71. The van der Waals surface area contributed by atoms with Crippen molar-refractivity contribution in [2.75, 3.05) is 0 Å². The van der Waals surface area contributed by atoms with Gasteiger partial charge in [-0.15, -0.1) is 0 Å². The summed E-state index contributed by atoms with van der Waals surface area (Å²) in [6.07, 6.45) is 0. The quantitative estimate of drug-likeness (QED) is 0.899. The van der Waals surface area contributed by atoms with E-state index in [2.05, 4.69) is 31.0 Å². The van der Waals surface area contributed by atoms with E-state index in [1.54, 1.807) is 4.57 Å². The lowest BCUT2D eigenvalue weighted by Crippen LogP contribution is -2.21. The molecule has 1 atom stereocenters. The number of hydrogen-bond donors (Lipinski definition) is 1. The van der Waals surface area contributed by atoms with Crippen LogP contribution in [0.3, 0.4) is 0 Å². The van der Waals surface area contributed by atoms with E-state index in [4.69, 9.17) is 0 Å². The van der Waals surface area contributed by atoms with Crippen molar-refractivity contribution in [3.05, 3.63) is 52.2 Å². The molecule has 0 aliphatic carbocycles. The molecule has 2 aromatic rings. The van der Waals surface area contributed by atoms with Gasteiger partial charge in [0.05, 0.1) is 6.54 Å². The summed E-state index contributed by atoms with van der Waals surface area (Å²) in [6.45, 7) is 6.94. The van der Waals surface area contributed by atoms with Crippen LogP contribution in [-0.2, 0) is 6.54 Å². The van der Waals surface area contributed by atoms with Crippen molar-refractivity contribution in [3.8, 4) is 0 Å². The van der Waals surface area contributed by atoms with Crippen molar-refractivity contribution in [1.82, 2.24) is 14.8 Å². The van der Waals surface area contributed by atoms with Gasteiger partial charge in [0.1, 0.15) is 5.82 Å². The molecule has 0 amide bonds. The van der Waals surface area contributed by atoms with Gasteiger partial charge in [-0.1, -0.05) is 51.1 Å². The summed E-state index contributed by atoms with van der Waals surface area (Å²) in [5.41, 5.74) is 0.972. The van der Waals surface area contributed by atoms with Crippen LogP contribution in [-0.4, -0.2) is 14.8 Å². The first-order valence-electron chi connectivity index (χ1n) is 6.28. The highest BCUT2D eigenvalue weighted by Gasteiger charge is 2.18. The molecule has 0 radical (unpaired) electrons. The number of aromatic nitrogens is 3. The summed E-state index contributed by atoms with van der Waals surface area (Å²) >= 11 is 0. The van der Waals surface area contributed by atoms with Gasteiger partial charge in [-0.3, -0.25) is 4.57 Å². The molecule has 1 aromatic heterocycles. The molecule has 0 bridgehead atoms. The number of hydrogen-bond acceptors (Lipinski definition) is 2. The van der Waals surface area contributed by atoms with Crippen LogP contribution >= 0.6 is 0 Å². The standard InChI is InChI=1S/C14H19N3O/c1-10(2)11(3)13-15-16-14(18)17(13)9-12-7-5-4-6-8-12/h4-8,10-11H,9H2,1-3H3,(H,16,18). The van der Waals surface area contributed by atoms with Crippen LogP contribution in [0.1, 0.15) is 38.1 Å². The number of nitrogens with one attached hydrogen (secondary N) is 1. The zero-order valence-corrected chi connectivity index (χ0v) is 11.1. The molecule has 1 aromatic carbocycles. The van der Waals surface area contributed by atoms with Gasteiger partial charge in [-0.2, -0.15) is 5.10 Å². The molecular formula is C14H19N3O. The van der Waals surface area contributed by atoms with Gasteiger partial charge >= 0.3 is 5.69 Å². The zero-order valence-electron chi connectivity index (χ0n) is 11.1. The maximum atomic E-state index is 11.8. The largest absolute Gasteiger partial charge is 0.343 e. The fraction of sp³-hybridized carbons (Fsp3) is 0.429. The summed E-state index contributed by atoms with van der Waals surface area (Å²) in [7, 11) is 0. The van der Waals surface area contributed by atoms with E-state index in [1.165, 1.54) is 0 Å². The molecule has 0 spiro atoms. The summed E-state index contributed by atoms with van der Waals surface area (Å²) < 4.78 is 1.72. The van der Waals surface area contributed by atoms with Gasteiger partial charge < -0.3 is 0 Å². The van der Waals surface area contributed by atoms with Crippen LogP contribution in [0.15, 0.2) is 35.1 Å². The van der Waals surface area contributed by atoms with E-state index in [1.807, 2.05) is 30.3 Å². The Morgan fingerprint density at radius 1 is 1.22 bits per heavy atom. The van der Waals surface area contributed by atoms with Crippen LogP contribution in [0.4, 0.5) is 0 Å². The van der Waals surface area contributed by atoms with Gasteiger partial charge in [0.25, 0.3) is 0 Å². The maximum absolute atomic E-state index is 11.8. The summed E-state index contributed by atoms with van der Waals surface area (Å²) in [4.78, 5) is 11.8. The Kier molecular flexibility index (Phi) is 3.65. The Labute approximate surface area is 107 Å². The fourth-order valence-electron chi connectivity index (χ4n) is 1.89. The molecule has 0 saturated carbocycles. The molecule has 4 nitrogen and oxygen atoms in total. The monoisotopic (exact) mass is 245 g/mol.